The summed E-state index contributed by atoms with van der Waals surface area (Å²) in [6, 6.07) is 13.7. The van der Waals surface area contributed by atoms with E-state index in [0.29, 0.717) is 45.0 Å². The lowest BCUT2D eigenvalue weighted by molar-refractivity contribution is 0.0730. The molecule has 1 aliphatic heterocycles. The number of carbonyl (C=O) groups excluding carboxylic acids is 2. The number of fused-ring (bicyclic) bond motifs is 1. The summed E-state index contributed by atoms with van der Waals surface area (Å²) < 4.78 is 12.8. The summed E-state index contributed by atoms with van der Waals surface area (Å²) in [6.45, 7) is 9.12. The standard InChI is InChI=1S/C29H33N5O4S/c1-19-17-32(10-11-33(19)27-9-8-23(16-30-27)21(3)35)28(36)26-15-25-20(2)31-34(29(25)39-26)18-22-6-5-7-24(14-22)38-13-12-37-4/h5-9,14-16,19H,10-13,17-18H2,1-4H3/t19-/m1/s1. The number of amides is 1. The van der Waals surface area contributed by atoms with Gasteiger partial charge in [0, 0.05) is 49.9 Å². The van der Waals surface area contributed by atoms with Crippen molar-refractivity contribution in [2.24, 2.45) is 0 Å². The highest BCUT2D eigenvalue weighted by Crippen LogP contribution is 2.31. The Bertz CT molecular complexity index is 1480. The number of carbonyl (C=O) groups is 2. The molecule has 9 nitrogen and oxygen atoms in total. The Hall–Kier alpha value is -3.76. The van der Waals surface area contributed by atoms with Crippen molar-refractivity contribution in [3.63, 3.8) is 0 Å². The third kappa shape index (κ3) is 5.81. The first kappa shape index (κ1) is 26.8. The summed E-state index contributed by atoms with van der Waals surface area (Å²) in [7, 11) is 1.65. The molecule has 0 spiro atoms. The maximum atomic E-state index is 13.5. The number of piperazine rings is 1. The molecule has 0 bridgehead atoms. The van der Waals surface area contributed by atoms with E-state index in [1.165, 1.54) is 18.3 Å². The summed E-state index contributed by atoms with van der Waals surface area (Å²) in [5, 5.41) is 5.75. The van der Waals surface area contributed by atoms with E-state index in [-0.39, 0.29) is 17.7 Å². The van der Waals surface area contributed by atoms with Gasteiger partial charge in [-0.1, -0.05) is 12.1 Å². The van der Waals surface area contributed by atoms with E-state index in [0.717, 1.165) is 37.9 Å². The van der Waals surface area contributed by atoms with Gasteiger partial charge in [-0.15, -0.1) is 11.3 Å². The number of thiophene rings is 1. The number of ketones is 1. The minimum Gasteiger partial charge on any atom is -0.491 e. The summed E-state index contributed by atoms with van der Waals surface area (Å²) in [4.78, 5) is 35.4. The van der Waals surface area contributed by atoms with Crippen LogP contribution in [0.1, 0.15) is 45.1 Å². The molecule has 4 aromatic rings. The van der Waals surface area contributed by atoms with Gasteiger partial charge in [-0.25, -0.2) is 4.98 Å². The van der Waals surface area contributed by atoms with E-state index < -0.39 is 0 Å². The molecule has 1 atom stereocenters. The second kappa shape index (κ2) is 11.5. The second-order valence-corrected chi connectivity index (χ2v) is 10.8. The Balaban J connectivity index is 1.28. The average Bonchev–Trinajstić information content (AvgIpc) is 3.49. The van der Waals surface area contributed by atoms with Gasteiger partial charge < -0.3 is 19.3 Å². The molecule has 204 valence electrons. The molecule has 4 heterocycles. The van der Waals surface area contributed by atoms with E-state index in [4.69, 9.17) is 14.6 Å². The molecule has 1 fully saturated rings. The molecule has 0 aliphatic carbocycles. The van der Waals surface area contributed by atoms with Crippen LogP contribution in [0.15, 0.2) is 48.7 Å². The number of ether oxygens (including phenoxy) is 2. The fourth-order valence-electron chi connectivity index (χ4n) is 4.88. The molecular weight excluding hydrogens is 514 g/mol. The molecule has 0 unspecified atom stereocenters. The highest BCUT2D eigenvalue weighted by molar-refractivity contribution is 7.20. The van der Waals surface area contributed by atoms with Crippen molar-refractivity contribution in [1.29, 1.82) is 0 Å². The number of aryl methyl sites for hydroxylation is 1. The molecule has 1 aliphatic rings. The number of rotatable bonds is 9. The first-order valence-electron chi connectivity index (χ1n) is 13.0. The van der Waals surface area contributed by atoms with Crippen LogP contribution in [0.2, 0.25) is 0 Å². The van der Waals surface area contributed by atoms with Crippen molar-refractivity contribution in [3.05, 3.63) is 70.4 Å². The second-order valence-electron chi connectivity index (χ2n) is 9.82. The number of methoxy groups -OCH3 is 1. The summed E-state index contributed by atoms with van der Waals surface area (Å²) in [5.41, 5.74) is 2.58. The van der Waals surface area contributed by atoms with Crippen LogP contribution in [0.3, 0.4) is 0 Å². The Morgan fingerprint density at radius 2 is 1.97 bits per heavy atom. The quantitative estimate of drug-likeness (QED) is 0.226. The van der Waals surface area contributed by atoms with Crippen molar-refractivity contribution in [1.82, 2.24) is 19.7 Å². The molecule has 10 heteroatoms. The van der Waals surface area contributed by atoms with Gasteiger partial charge in [0.25, 0.3) is 5.91 Å². The predicted molar refractivity (Wildman–Crippen MR) is 152 cm³/mol. The van der Waals surface area contributed by atoms with E-state index >= 15 is 0 Å². The van der Waals surface area contributed by atoms with E-state index in [9.17, 15) is 9.59 Å². The predicted octanol–water partition coefficient (Wildman–Crippen LogP) is 4.43. The highest BCUT2D eigenvalue weighted by atomic mass is 32.1. The fourth-order valence-corrected chi connectivity index (χ4v) is 6.01. The number of pyridine rings is 1. The number of anilines is 1. The monoisotopic (exact) mass is 547 g/mol. The molecule has 5 rings (SSSR count). The minimum atomic E-state index is -0.000289. The number of benzene rings is 1. The lowest BCUT2D eigenvalue weighted by Gasteiger charge is -2.40. The van der Waals surface area contributed by atoms with Crippen LogP contribution in [0.4, 0.5) is 5.82 Å². The topological polar surface area (TPSA) is 89.8 Å². The molecular formula is C29H33N5O4S. The number of hydrogen-bond acceptors (Lipinski definition) is 8. The van der Waals surface area contributed by atoms with Crippen LogP contribution in [-0.4, -0.2) is 77.4 Å². The van der Waals surface area contributed by atoms with Gasteiger partial charge in [-0.3, -0.25) is 14.3 Å². The molecule has 1 amide bonds. The molecule has 0 saturated carbocycles. The van der Waals surface area contributed by atoms with Gasteiger partial charge >= 0.3 is 0 Å². The SMILES string of the molecule is COCCOc1cccc(Cn2nc(C)c3cc(C(=O)N4CCN(c5ccc(C(C)=O)cn5)[C@H](C)C4)sc32)c1. The van der Waals surface area contributed by atoms with Crippen molar-refractivity contribution in [3.8, 4) is 5.75 Å². The third-order valence-electron chi connectivity index (χ3n) is 6.97. The lowest BCUT2D eigenvalue weighted by Crippen LogP contribution is -2.54. The Morgan fingerprint density at radius 1 is 1.13 bits per heavy atom. The lowest BCUT2D eigenvalue weighted by atomic mass is 10.1. The largest absolute Gasteiger partial charge is 0.491 e. The van der Waals surface area contributed by atoms with Gasteiger partial charge in [-0.2, -0.15) is 5.10 Å². The van der Waals surface area contributed by atoms with Crippen LogP contribution in [0.5, 0.6) is 5.75 Å². The third-order valence-corrected chi connectivity index (χ3v) is 8.10. The van der Waals surface area contributed by atoms with E-state index in [1.54, 1.807) is 13.3 Å². The first-order chi connectivity index (χ1) is 18.8. The van der Waals surface area contributed by atoms with Crippen molar-refractivity contribution >= 4 is 39.1 Å². The van der Waals surface area contributed by atoms with Crippen molar-refractivity contribution < 1.29 is 19.1 Å². The van der Waals surface area contributed by atoms with Gasteiger partial charge in [0.15, 0.2) is 5.78 Å². The average molecular weight is 548 g/mol. The number of Topliss-reactive ketones (excluding diaryl/α,β-unsaturated/α-hetero) is 1. The number of nitrogens with zero attached hydrogens (tertiary/aromatic N) is 5. The summed E-state index contributed by atoms with van der Waals surface area (Å²) in [5.74, 6) is 1.66. The number of aromatic nitrogens is 3. The van der Waals surface area contributed by atoms with E-state index in [2.05, 4.69) is 22.9 Å². The maximum absolute atomic E-state index is 13.5. The Kier molecular flexibility index (Phi) is 7.94. The van der Waals surface area contributed by atoms with Crippen molar-refractivity contribution in [2.75, 3.05) is 44.9 Å². The van der Waals surface area contributed by atoms with E-state index in [1.807, 2.05) is 52.9 Å². The molecule has 1 aromatic carbocycles. The summed E-state index contributed by atoms with van der Waals surface area (Å²) in [6.07, 6.45) is 1.62. The zero-order valence-corrected chi connectivity index (χ0v) is 23.5. The zero-order valence-electron chi connectivity index (χ0n) is 22.7. The van der Waals surface area contributed by atoms with Gasteiger partial charge in [0.1, 0.15) is 23.0 Å². The van der Waals surface area contributed by atoms with Crippen LogP contribution < -0.4 is 9.64 Å². The van der Waals surface area contributed by atoms with Crippen molar-refractivity contribution in [2.45, 2.75) is 33.4 Å². The minimum absolute atomic E-state index is 0.000289. The van der Waals surface area contributed by atoms with Gasteiger partial charge in [0.2, 0.25) is 0 Å². The number of hydrogen-bond donors (Lipinski definition) is 0. The molecule has 1 saturated heterocycles. The molecule has 0 radical (unpaired) electrons. The summed E-state index contributed by atoms with van der Waals surface area (Å²) >= 11 is 1.49. The highest BCUT2D eigenvalue weighted by Gasteiger charge is 2.29. The van der Waals surface area contributed by atoms with Crippen LogP contribution in [-0.2, 0) is 11.3 Å². The van der Waals surface area contributed by atoms with Crippen LogP contribution >= 0.6 is 11.3 Å². The molecule has 3 aromatic heterocycles. The Labute approximate surface area is 232 Å². The Morgan fingerprint density at radius 3 is 2.69 bits per heavy atom. The van der Waals surface area contributed by atoms with Gasteiger partial charge in [-0.05, 0) is 56.7 Å². The fraction of sp³-hybridized carbons (Fsp3) is 0.379. The van der Waals surface area contributed by atoms with Gasteiger partial charge in [0.05, 0.1) is 23.7 Å². The maximum Gasteiger partial charge on any atom is 0.264 e. The van der Waals surface area contributed by atoms with Crippen LogP contribution in [0.25, 0.3) is 10.2 Å². The zero-order chi connectivity index (χ0) is 27.5. The normalized spacial score (nSPS) is 15.6. The first-order valence-corrected chi connectivity index (χ1v) is 13.9. The molecule has 0 N–H and O–H groups in total. The van der Waals surface area contributed by atoms with Crippen LogP contribution in [0, 0.1) is 6.92 Å². The smallest absolute Gasteiger partial charge is 0.264 e. The molecule has 39 heavy (non-hydrogen) atoms.